The molecule has 0 aliphatic carbocycles. The molecule has 0 unspecified atom stereocenters. The van der Waals surface area contributed by atoms with E-state index < -0.39 is 0 Å². The summed E-state index contributed by atoms with van der Waals surface area (Å²) in [4.78, 5) is 15.2. The summed E-state index contributed by atoms with van der Waals surface area (Å²) < 4.78 is 6.23. The molecule has 3 nitrogen and oxygen atoms in total. The fourth-order valence-electron chi connectivity index (χ4n) is 1.87. The van der Waals surface area contributed by atoms with Gasteiger partial charge in [0.05, 0.1) is 23.1 Å². The van der Waals surface area contributed by atoms with Gasteiger partial charge < -0.3 is 9.64 Å². The van der Waals surface area contributed by atoms with Crippen LogP contribution < -0.4 is 4.74 Å². The maximum absolute atomic E-state index is 12.5. The number of amides is 1. The van der Waals surface area contributed by atoms with Crippen molar-refractivity contribution in [2.75, 3.05) is 13.7 Å². The van der Waals surface area contributed by atoms with Gasteiger partial charge in [-0.1, -0.05) is 23.7 Å². The second-order valence-electron chi connectivity index (χ2n) is 4.30. The Hall–Kier alpha value is -1.52. The Morgan fingerprint density at radius 3 is 2.70 bits per heavy atom. The van der Waals surface area contributed by atoms with Gasteiger partial charge in [-0.05, 0) is 31.2 Å². The van der Waals surface area contributed by atoms with Gasteiger partial charge in [0, 0.05) is 11.9 Å². The molecule has 0 radical (unpaired) electrons. The molecular formula is C15H16ClNO2S. The second kappa shape index (κ2) is 6.77. The lowest BCUT2D eigenvalue weighted by Gasteiger charge is -2.18. The zero-order valence-electron chi connectivity index (χ0n) is 11.4. The van der Waals surface area contributed by atoms with Crippen molar-refractivity contribution in [2.45, 2.75) is 13.5 Å². The number of para-hydroxylation sites is 1. The van der Waals surface area contributed by atoms with Crippen LogP contribution in [0.1, 0.15) is 22.2 Å². The van der Waals surface area contributed by atoms with Crippen LogP contribution in [0, 0.1) is 0 Å². The summed E-state index contributed by atoms with van der Waals surface area (Å²) in [5, 5.41) is 0. The highest BCUT2D eigenvalue weighted by atomic mass is 35.5. The van der Waals surface area contributed by atoms with Crippen LogP contribution in [0.2, 0.25) is 4.34 Å². The molecule has 0 aliphatic heterocycles. The lowest BCUT2D eigenvalue weighted by Crippen LogP contribution is -2.26. The highest BCUT2D eigenvalue weighted by Gasteiger charge is 2.17. The molecule has 2 aromatic rings. The summed E-state index contributed by atoms with van der Waals surface area (Å²) >= 11 is 7.39. The van der Waals surface area contributed by atoms with Crippen LogP contribution >= 0.6 is 22.9 Å². The van der Waals surface area contributed by atoms with Crippen LogP contribution in [0.15, 0.2) is 36.4 Å². The van der Waals surface area contributed by atoms with Gasteiger partial charge in [0.15, 0.2) is 0 Å². The predicted molar refractivity (Wildman–Crippen MR) is 82.7 cm³/mol. The number of nitrogens with zero attached hydrogens (tertiary/aromatic N) is 1. The van der Waals surface area contributed by atoms with Crippen molar-refractivity contribution in [3.05, 3.63) is 51.2 Å². The molecule has 0 fully saturated rings. The maximum Gasteiger partial charge on any atom is 0.257 e. The van der Waals surface area contributed by atoms with Crippen LogP contribution in [0.5, 0.6) is 5.75 Å². The van der Waals surface area contributed by atoms with E-state index in [9.17, 15) is 4.79 Å². The van der Waals surface area contributed by atoms with E-state index in [-0.39, 0.29) is 5.91 Å². The van der Waals surface area contributed by atoms with Gasteiger partial charge in [0.1, 0.15) is 5.75 Å². The first-order valence-corrected chi connectivity index (χ1v) is 7.52. The minimum Gasteiger partial charge on any atom is -0.493 e. The van der Waals surface area contributed by atoms with Crippen molar-refractivity contribution in [1.82, 2.24) is 4.90 Å². The molecular weight excluding hydrogens is 294 g/mol. The number of ether oxygens (including phenoxy) is 1. The van der Waals surface area contributed by atoms with Gasteiger partial charge >= 0.3 is 0 Å². The molecule has 1 heterocycles. The number of hydrogen-bond acceptors (Lipinski definition) is 3. The normalized spacial score (nSPS) is 10.3. The maximum atomic E-state index is 12.5. The van der Waals surface area contributed by atoms with Crippen molar-refractivity contribution in [3.63, 3.8) is 0 Å². The first-order chi connectivity index (χ1) is 9.61. The van der Waals surface area contributed by atoms with E-state index in [0.29, 0.717) is 24.5 Å². The zero-order chi connectivity index (χ0) is 14.5. The molecule has 1 aromatic carbocycles. The van der Waals surface area contributed by atoms with Crippen LogP contribution in [0.4, 0.5) is 0 Å². The Morgan fingerprint density at radius 1 is 1.30 bits per heavy atom. The van der Waals surface area contributed by atoms with Gasteiger partial charge in [-0.3, -0.25) is 4.79 Å². The van der Waals surface area contributed by atoms with Gasteiger partial charge in [-0.15, -0.1) is 11.3 Å². The van der Waals surface area contributed by atoms with Crippen LogP contribution in [-0.2, 0) is 6.54 Å². The molecule has 0 bridgehead atoms. The summed E-state index contributed by atoms with van der Waals surface area (Å²) in [6.07, 6.45) is 0. The molecule has 5 heteroatoms. The number of benzene rings is 1. The van der Waals surface area contributed by atoms with Gasteiger partial charge in [-0.25, -0.2) is 0 Å². The summed E-state index contributed by atoms with van der Waals surface area (Å²) in [6, 6.07) is 11.1. The van der Waals surface area contributed by atoms with Crippen molar-refractivity contribution in [2.24, 2.45) is 0 Å². The van der Waals surface area contributed by atoms with E-state index in [2.05, 4.69) is 0 Å². The number of rotatable bonds is 5. The fraction of sp³-hybridized carbons (Fsp3) is 0.267. The lowest BCUT2D eigenvalue weighted by atomic mass is 10.1. The van der Waals surface area contributed by atoms with Gasteiger partial charge in [-0.2, -0.15) is 0 Å². The summed E-state index contributed by atoms with van der Waals surface area (Å²) in [5.41, 5.74) is 0.583. The Balaban J connectivity index is 2.14. The fourth-order valence-corrected chi connectivity index (χ4v) is 3.01. The number of hydrogen-bond donors (Lipinski definition) is 0. The van der Waals surface area contributed by atoms with E-state index in [1.54, 1.807) is 18.0 Å². The third-order valence-corrected chi connectivity index (χ3v) is 4.00. The predicted octanol–water partition coefficient (Wildman–Crippen LogP) is 4.07. The number of carbonyl (C=O) groups excluding carboxylic acids is 1. The molecule has 0 N–H and O–H groups in total. The van der Waals surface area contributed by atoms with E-state index in [1.807, 2.05) is 37.3 Å². The van der Waals surface area contributed by atoms with Crippen molar-refractivity contribution in [1.29, 1.82) is 0 Å². The largest absolute Gasteiger partial charge is 0.493 e. The molecule has 20 heavy (non-hydrogen) atoms. The molecule has 0 aliphatic rings. The summed E-state index contributed by atoms with van der Waals surface area (Å²) in [5.74, 6) is 0.564. The van der Waals surface area contributed by atoms with Crippen LogP contribution in [0.25, 0.3) is 0 Å². The van der Waals surface area contributed by atoms with Crippen LogP contribution in [-0.4, -0.2) is 24.5 Å². The Kier molecular flexibility index (Phi) is 5.04. The van der Waals surface area contributed by atoms with E-state index in [0.717, 1.165) is 9.21 Å². The van der Waals surface area contributed by atoms with E-state index in [4.69, 9.17) is 16.3 Å². The highest BCUT2D eigenvalue weighted by Crippen LogP contribution is 2.24. The third kappa shape index (κ3) is 3.52. The van der Waals surface area contributed by atoms with E-state index >= 15 is 0 Å². The molecule has 2 rings (SSSR count). The molecule has 106 valence electrons. The zero-order valence-corrected chi connectivity index (χ0v) is 13.0. The van der Waals surface area contributed by atoms with Crippen molar-refractivity contribution >= 4 is 28.8 Å². The molecule has 0 spiro atoms. The van der Waals surface area contributed by atoms with E-state index in [1.165, 1.54) is 11.3 Å². The Labute approximate surface area is 127 Å². The average Bonchev–Trinajstić information content (AvgIpc) is 2.84. The Morgan fingerprint density at radius 2 is 2.05 bits per heavy atom. The first-order valence-electron chi connectivity index (χ1n) is 6.33. The summed E-state index contributed by atoms with van der Waals surface area (Å²) in [6.45, 7) is 2.98. The molecule has 0 saturated heterocycles. The molecule has 1 aromatic heterocycles. The highest BCUT2D eigenvalue weighted by molar-refractivity contribution is 7.16. The SMILES string of the molecule is CCOc1ccccc1C(=O)N(C)Cc1ccc(Cl)s1. The topological polar surface area (TPSA) is 29.5 Å². The van der Waals surface area contributed by atoms with Crippen LogP contribution in [0.3, 0.4) is 0 Å². The number of halogens is 1. The standard InChI is InChI=1S/C15H16ClNO2S/c1-3-19-13-7-5-4-6-12(13)15(18)17(2)10-11-8-9-14(16)20-11/h4-9H,3,10H2,1-2H3. The van der Waals surface area contributed by atoms with Crippen molar-refractivity contribution < 1.29 is 9.53 Å². The molecule has 0 atom stereocenters. The summed E-state index contributed by atoms with van der Waals surface area (Å²) in [7, 11) is 1.78. The Bertz CT molecular complexity index is 597. The smallest absolute Gasteiger partial charge is 0.257 e. The lowest BCUT2D eigenvalue weighted by molar-refractivity contribution is 0.0782. The minimum absolute atomic E-state index is 0.0569. The molecule has 0 saturated carbocycles. The van der Waals surface area contributed by atoms with Crippen molar-refractivity contribution in [3.8, 4) is 5.75 Å². The monoisotopic (exact) mass is 309 g/mol. The first kappa shape index (κ1) is 14.9. The second-order valence-corrected chi connectivity index (χ2v) is 6.10. The average molecular weight is 310 g/mol. The quantitative estimate of drug-likeness (QED) is 0.833. The third-order valence-electron chi connectivity index (χ3n) is 2.79. The molecule has 1 amide bonds. The van der Waals surface area contributed by atoms with Gasteiger partial charge in [0.25, 0.3) is 5.91 Å². The number of thiophene rings is 1. The van der Waals surface area contributed by atoms with Gasteiger partial charge in [0.2, 0.25) is 0 Å². The minimum atomic E-state index is -0.0569. The number of carbonyl (C=O) groups is 1.